The molecule has 0 amide bonds. The van der Waals surface area contributed by atoms with Crippen LogP contribution in [0, 0.1) is 0 Å². The molecule has 1 aromatic rings. The van der Waals surface area contributed by atoms with Gasteiger partial charge in [0, 0.05) is 5.92 Å². The van der Waals surface area contributed by atoms with Crippen molar-refractivity contribution in [3.05, 3.63) is 35.9 Å². The third kappa shape index (κ3) is 2.50. The quantitative estimate of drug-likeness (QED) is 0.484. The largest absolute Gasteiger partial charge is 0.370 e. The van der Waals surface area contributed by atoms with Crippen LogP contribution in [0.3, 0.4) is 0 Å². The maximum absolute atomic E-state index is 5.56. The predicted molar refractivity (Wildman–Crippen MR) is 65.0 cm³/mol. The maximum atomic E-state index is 5.56. The molecule has 1 aliphatic carbocycles. The van der Waals surface area contributed by atoms with Gasteiger partial charge in [-0.25, -0.2) is 4.99 Å². The highest BCUT2D eigenvalue weighted by Crippen LogP contribution is 2.43. The van der Waals surface area contributed by atoms with Gasteiger partial charge in [-0.2, -0.15) is 4.99 Å². The van der Waals surface area contributed by atoms with Crippen molar-refractivity contribution in [3.8, 4) is 0 Å². The number of rotatable bonds is 2. The second kappa shape index (κ2) is 4.22. The van der Waals surface area contributed by atoms with E-state index in [2.05, 4.69) is 22.1 Å². The van der Waals surface area contributed by atoms with Crippen LogP contribution in [0.1, 0.15) is 17.9 Å². The smallest absolute Gasteiger partial charge is 0.218 e. The lowest BCUT2D eigenvalue weighted by molar-refractivity contribution is 0.982. The summed E-state index contributed by atoms with van der Waals surface area (Å²) in [5.41, 5.74) is 17.2. The molecule has 2 rings (SSSR count). The van der Waals surface area contributed by atoms with E-state index in [4.69, 9.17) is 17.2 Å². The number of hydrogen-bond donors (Lipinski definition) is 3. The van der Waals surface area contributed by atoms with Gasteiger partial charge < -0.3 is 17.2 Å². The summed E-state index contributed by atoms with van der Waals surface area (Å²) in [7, 11) is 0. The molecule has 84 valence electrons. The van der Waals surface area contributed by atoms with Crippen LogP contribution in [0.25, 0.3) is 0 Å². The Morgan fingerprint density at radius 2 is 1.81 bits per heavy atom. The van der Waals surface area contributed by atoms with Crippen molar-refractivity contribution in [2.75, 3.05) is 0 Å². The lowest BCUT2D eigenvalue weighted by Crippen LogP contribution is -2.26. The highest BCUT2D eigenvalue weighted by atomic mass is 15.1. The average molecular weight is 217 g/mol. The summed E-state index contributed by atoms with van der Waals surface area (Å²) >= 11 is 0. The van der Waals surface area contributed by atoms with Crippen LogP contribution in [-0.4, -0.2) is 18.0 Å². The molecule has 2 atom stereocenters. The second-order valence-electron chi connectivity index (χ2n) is 3.84. The molecule has 0 bridgehead atoms. The molecule has 1 fully saturated rings. The van der Waals surface area contributed by atoms with E-state index in [-0.39, 0.29) is 18.0 Å². The molecule has 6 N–H and O–H groups in total. The molecule has 1 aromatic carbocycles. The van der Waals surface area contributed by atoms with Gasteiger partial charge in [0.25, 0.3) is 0 Å². The van der Waals surface area contributed by atoms with E-state index in [0.29, 0.717) is 5.92 Å². The molecule has 0 aliphatic heterocycles. The van der Waals surface area contributed by atoms with Crippen molar-refractivity contribution in [1.82, 2.24) is 0 Å². The van der Waals surface area contributed by atoms with Crippen LogP contribution in [0.4, 0.5) is 0 Å². The average Bonchev–Trinajstić information content (AvgIpc) is 2.97. The highest BCUT2D eigenvalue weighted by molar-refractivity contribution is 5.92. The molecule has 16 heavy (non-hydrogen) atoms. The molecule has 2 unspecified atom stereocenters. The fourth-order valence-corrected chi connectivity index (χ4v) is 1.71. The summed E-state index contributed by atoms with van der Waals surface area (Å²) < 4.78 is 0. The number of guanidine groups is 2. The Labute approximate surface area is 94.1 Å². The number of aliphatic imine (C=N–C) groups is 2. The minimum atomic E-state index is -0.0573. The van der Waals surface area contributed by atoms with Crippen molar-refractivity contribution < 1.29 is 0 Å². The lowest BCUT2D eigenvalue weighted by atomic mass is 10.1. The highest BCUT2D eigenvalue weighted by Gasteiger charge is 2.38. The lowest BCUT2D eigenvalue weighted by Gasteiger charge is -1.97. The van der Waals surface area contributed by atoms with Crippen molar-refractivity contribution in [3.63, 3.8) is 0 Å². The van der Waals surface area contributed by atoms with Crippen molar-refractivity contribution >= 4 is 11.9 Å². The predicted octanol–water partition coefficient (Wildman–Crippen LogP) is 0.131. The molecule has 0 radical (unpaired) electrons. The van der Waals surface area contributed by atoms with E-state index >= 15 is 0 Å². The van der Waals surface area contributed by atoms with Crippen LogP contribution in [0.2, 0.25) is 0 Å². The molecule has 5 heteroatoms. The Morgan fingerprint density at radius 1 is 1.12 bits per heavy atom. The summed E-state index contributed by atoms with van der Waals surface area (Å²) in [6.07, 6.45) is 1.00. The molecule has 5 nitrogen and oxygen atoms in total. The van der Waals surface area contributed by atoms with Crippen LogP contribution >= 0.6 is 0 Å². The molecule has 1 aliphatic rings. The van der Waals surface area contributed by atoms with Gasteiger partial charge in [-0.3, -0.25) is 0 Å². The maximum Gasteiger partial charge on any atom is 0.218 e. The summed E-state index contributed by atoms with van der Waals surface area (Å²) in [6, 6.07) is 10.4. The van der Waals surface area contributed by atoms with Gasteiger partial charge in [-0.15, -0.1) is 0 Å². The van der Waals surface area contributed by atoms with E-state index in [1.807, 2.05) is 18.2 Å². The van der Waals surface area contributed by atoms with Gasteiger partial charge in [0.05, 0.1) is 6.04 Å². The van der Waals surface area contributed by atoms with Gasteiger partial charge in [0.2, 0.25) is 5.96 Å². The topological polar surface area (TPSA) is 103 Å². The number of nitrogens with two attached hydrogens (primary N) is 3. The Morgan fingerprint density at radius 3 is 2.44 bits per heavy atom. The summed E-state index contributed by atoms with van der Waals surface area (Å²) in [4.78, 5) is 7.92. The van der Waals surface area contributed by atoms with E-state index in [9.17, 15) is 0 Å². The summed E-state index contributed by atoms with van der Waals surface area (Å²) in [6.45, 7) is 0. The van der Waals surface area contributed by atoms with Gasteiger partial charge >= 0.3 is 0 Å². The number of nitrogens with zero attached hydrogens (tertiary/aromatic N) is 2. The molecule has 0 heterocycles. The fraction of sp³-hybridized carbons (Fsp3) is 0.273. The first-order chi connectivity index (χ1) is 7.66. The molecular formula is C11H15N5. The first-order valence-corrected chi connectivity index (χ1v) is 5.14. The third-order valence-electron chi connectivity index (χ3n) is 2.53. The molecular weight excluding hydrogens is 202 g/mol. The van der Waals surface area contributed by atoms with E-state index in [1.165, 1.54) is 5.56 Å². The zero-order chi connectivity index (χ0) is 11.5. The zero-order valence-electron chi connectivity index (χ0n) is 8.88. The van der Waals surface area contributed by atoms with Crippen molar-refractivity contribution in [2.24, 2.45) is 27.2 Å². The van der Waals surface area contributed by atoms with Crippen LogP contribution in [-0.2, 0) is 0 Å². The SMILES string of the molecule is NC(N)=NC(N)=NC1CC1c1ccccc1. The van der Waals surface area contributed by atoms with E-state index in [1.54, 1.807) is 0 Å². The molecule has 0 saturated heterocycles. The van der Waals surface area contributed by atoms with Crippen LogP contribution < -0.4 is 17.2 Å². The fourth-order valence-electron chi connectivity index (χ4n) is 1.71. The minimum absolute atomic E-state index is 0.0573. The van der Waals surface area contributed by atoms with E-state index in [0.717, 1.165) is 6.42 Å². The van der Waals surface area contributed by atoms with Gasteiger partial charge in [-0.1, -0.05) is 30.3 Å². The van der Waals surface area contributed by atoms with Gasteiger partial charge in [0.15, 0.2) is 5.96 Å². The summed E-state index contributed by atoms with van der Waals surface area (Å²) in [5.74, 6) is 0.551. The Hall–Kier alpha value is -2.04. The first kappa shape index (κ1) is 10.5. The Bertz CT molecular complexity index is 419. The van der Waals surface area contributed by atoms with Crippen LogP contribution in [0.5, 0.6) is 0 Å². The molecule has 0 spiro atoms. The first-order valence-electron chi connectivity index (χ1n) is 5.14. The normalized spacial score (nSPS) is 23.9. The van der Waals surface area contributed by atoms with Crippen molar-refractivity contribution in [2.45, 2.75) is 18.4 Å². The van der Waals surface area contributed by atoms with Crippen LogP contribution in [0.15, 0.2) is 40.3 Å². The molecule has 1 saturated carbocycles. The van der Waals surface area contributed by atoms with Gasteiger partial charge in [0.1, 0.15) is 0 Å². The number of hydrogen-bond acceptors (Lipinski definition) is 1. The van der Waals surface area contributed by atoms with Gasteiger partial charge in [-0.05, 0) is 12.0 Å². The Balaban J connectivity index is 2.00. The zero-order valence-corrected chi connectivity index (χ0v) is 8.88. The third-order valence-corrected chi connectivity index (χ3v) is 2.53. The minimum Gasteiger partial charge on any atom is -0.370 e. The number of benzene rings is 1. The second-order valence-corrected chi connectivity index (χ2v) is 3.84. The molecule has 0 aromatic heterocycles. The Kier molecular flexibility index (Phi) is 2.76. The van der Waals surface area contributed by atoms with E-state index < -0.39 is 0 Å². The standard InChI is InChI=1S/C11H15N5/c12-10(13)16-11(14)15-9-6-8(9)7-4-2-1-3-5-7/h1-5,8-9H,6H2,(H6,12,13,14,15,16). The van der Waals surface area contributed by atoms with Crippen molar-refractivity contribution in [1.29, 1.82) is 0 Å². The monoisotopic (exact) mass is 217 g/mol. The summed E-state index contributed by atoms with van der Waals surface area (Å²) in [5, 5.41) is 0.